The molecule has 14 heteroatoms. The Labute approximate surface area is 253 Å². The van der Waals surface area contributed by atoms with E-state index in [1.807, 2.05) is 42.6 Å². The smallest absolute Gasteiger partial charge is 0.354 e. The number of benzene rings is 2. The largest absolute Gasteiger partial charge is 0.370 e. The van der Waals surface area contributed by atoms with Gasteiger partial charge < -0.3 is 33.2 Å². The summed E-state index contributed by atoms with van der Waals surface area (Å²) in [5.74, 6) is 0.211. The fourth-order valence-corrected chi connectivity index (χ4v) is 4.86. The number of aryl methyl sites for hydroxylation is 1. The molecular formula is C30H37N13O. The normalized spacial score (nSPS) is 11.1. The minimum atomic E-state index is -0.366. The molecule has 10 N–H and O–H groups in total. The van der Waals surface area contributed by atoms with Crippen LogP contribution in [0.15, 0.2) is 81.9 Å². The van der Waals surface area contributed by atoms with Crippen molar-refractivity contribution >= 4 is 23.0 Å². The van der Waals surface area contributed by atoms with Crippen LogP contribution in [-0.2, 0) is 13.0 Å². The van der Waals surface area contributed by atoms with Crippen molar-refractivity contribution in [1.29, 1.82) is 0 Å². The average molecular weight is 596 g/mol. The number of hydrogen-bond donors (Lipinski definition) is 6. The van der Waals surface area contributed by atoms with E-state index in [0.29, 0.717) is 25.3 Å². The molecule has 14 nitrogen and oxygen atoms in total. The first-order valence-electron chi connectivity index (χ1n) is 14.4. The maximum Gasteiger partial charge on any atom is 0.354 e. The molecule has 0 unspecified atom stereocenters. The highest BCUT2D eigenvalue weighted by molar-refractivity contribution is 5.83. The summed E-state index contributed by atoms with van der Waals surface area (Å²) in [6.07, 6.45) is 8.71. The predicted molar refractivity (Wildman–Crippen MR) is 173 cm³/mol. The van der Waals surface area contributed by atoms with Gasteiger partial charge in [-0.15, -0.1) is 5.10 Å². The van der Waals surface area contributed by atoms with Gasteiger partial charge in [0.15, 0.2) is 11.9 Å². The molecule has 5 rings (SSSR count). The van der Waals surface area contributed by atoms with E-state index in [1.165, 1.54) is 0 Å². The summed E-state index contributed by atoms with van der Waals surface area (Å²) in [6, 6.07) is 16.1. The van der Waals surface area contributed by atoms with Gasteiger partial charge in [0.05, 0.1) is 23.8 Å². The summed E-state index contributed by atoms with van der Waals surface area (Å²) >= 11 is 0. The summed E-state index contributed by atoms with van der Waals surface area (Å²) in [5.41, 5.74) is 27.4. The van der Waals surface area contributed by atoms with Gasteiger partial charge >= 0.3 is 5.69 Å². The third-order valence-corrected chi connectivity index (χ3v) is 7.00. The number of aromatic amines is 1. The molecule has 5 aromatic rings. The van der Waals surface area contributed by atoms with Crippen LogP contribution in [0.5, 0.6) is 0 Å². The Kier molecular flexibility index (Phi) is 9.61. The second-order valence-electron chi connectivity index (χ2n) is 10.4. The standard InChI is InChI=1S/C30H37N13O/c31-28(32)36-10-2-1-4-21-14-22(16-25(15-21)43-13-12-38-41-43)26-17-23-19-42(30(44)40-27(23)39-26)24-7-5-20(6-8-24)18-35-9-3-11-37-29(33)34/h5-8,12-17,19,35H,1-4,9-11,18H2,(H4,31,32,36)(H4,33,34,37)(H,39,40,44). The molecule has 0 spiro atoms. The third kappa shape index (κ3) is 7.86. The lowest BCUT2D eigenvalue weighted by atomic mass is 10.0. The van der Waals surface area contributed by atoms with Crippen LogP contribution in [0, 0.1) is 0 Å². The lowest BCUT2D eigenvalue weighted by Gasteiger charge is -2.09. The lowest BCUT2D eigenvalue weighted by Crippen LogP contribution is -2.23. The van der Waals surface area contributed by atoms with Crippen LogP contribution in [0.4, 0.5) is 0 Å². The van der Waals surface area contributed by atoms with Gasteiger partial charge in [0, 0.05) is 42.5 Å². The number of unbranched alkanes of at least 4 members (excludes halogenated alkanes) is 1. The maximum absolute atomic E-state index is 13.0. The van der Waals surface area contributed by atoms with Gasteiger partial charge in [-0.2, -0.15) is 4.98 Å². The van der Waals surface area contributed by atoms with Gasteiger partial charge in [-0.25, -0.2) is 9.48 Å². The number of fused-ring (bicyclic) bond motifs is 1. The van der Waals surface area contributed by atoms with E-state index < -0.39 is 0 Å². The Hall–Kier alpha value is -5.50. The van der Waals surface area contributed by atoms with Crippen molar-refractivity contribution in [3.8, 4) is 22.6 Å². The molecule has 228 valence electrons. The van der Waals surface area contributed by atoms with E-state index in [4.69, 9.17) is 22.9 Å². The van der Waals surface area contributed by atoms with Crippen LogP contribution in [0.25, 0.3) is 33.7 Å². The van der Waals surface area contributed by atoms with Crippen molar-refractivity contribution in [2.45, 2.75) is 32.2 Å². The number of nitrogens with one attached hydrogen (secondary N) is 2. The van der Waals surface area contributed by atoms with Crippen molar-refractivity contribution in [3.05, 3.63) is 88.7 Å². The number of aliphatic imine (C=N–C) groups is 2. The molecule has 0 fully saturated rings. The van der Waals surface area contributed by atoms with E-state index in [1.54, 1.807) is 21.6 Å². The fraction of sp³-hybridized carbons (Fsp3) is 0.267. The van der Waals surface area contributed by atoms with E-state index in [2.05, 4.69) is 47.7 Å². The Balaban J connectivity index is 1.34. The van der Waals surface area contributed by atoms with Gasteiger partial charge in [0.2, 0.25) is 0 Å². The predicted octanol–water partition coefficient (Wildman–Crippen LogP) is 1.31. The highest BCUT2D eigenvalue weighted by Crippen LogP contribution is 2.27. The van der Waals surface area contributed by atoms with Crippen LogP contribution < -0.4 is 33.9 Å². The van der Waals surface area contributed by atoms with E-state index in [-0.39, 0.29) is 17.6 Å². The van der Waals surface area contributed by atoms with E-state index >= 15 is 0 Å². The first-order chi connectivity index (χ1) is 21.4. The zero-order valence-corrected chi connectivity index (χ0v) is 24.4. The Morgan fingerprint density at radius 2 is 1.66 bits per heavy atom. The second kappa shape index (κ2) is 14.1. The Morgan fingerprint density at radius 1 is 0.886 bits per heavy atom. The van der Waals surface area contributed by atoms with Crippen molar-refractivity contribution in [2.75, 3.05) is 19.6 Å². The Bertz CT molecular complexity index is 1790. The van der Waals surface area contributed by atoms with E-state index in [9.17, 15) is 4.79 Å². The molecule has 0 amide bonds. The molecule has 0 aliphatic carbocycles. The molecule has 0 radical (unpaired) electrons. The van der Waals surface area contributed by atoms with Crippen LogP contribution in [0.3, 0.4) is 0 Å². The monoisotopic (exact) mass is 595 g/mol. The Morgan fingerprint density at radius 3 is 2.39 bits per heavy atom. The van der Waals surface area contributed by atoms with Gasteiger partial charge in [-0.3, -0.25) is 14.6 Å². The van der Waals surface area contributed by atoms with Gasteiger partial charge in [-0.1, -0.05) is 17.3 Å². The molecule has 0 saturated carbocycles. The van der Waals surface area contributed by atoms with Crippen molar-refractivity contribution in [1.82, 2.24) is 34.8 Å². The summed E-state index contributed by atoms with van der Waals surface area (Å²) in [6.45, 7) is 2.66. The summed E-state index contributed by atoms with van der Waals surface area (Å²) in [4.78, 5) is 28.7. The van der Waals surface area contributed by atoms with Crippen LogP contribution in [0.2, 0.25) is 0 Å². The minimum absolute atomic E-state index is 0.105. The average Bonchev–Trinajstić information content (AvgIpc) is 3.69. The number of hydrogen-bond acceptors (Lipinski definition) is 7. The molecule has 0 aliphatic rings. The van der Waals surface area contributed by atoms with Crippen molar-refractivity contribution in [2.24, 2.45) is 32.9 Å². The van der Waals surface area contributed by atoms with Crippen molar-refractivity contribution < 1.29 is 0 Å². The molecule has 0 aliphatic heterocycles. The quantitative estimate of drug-likeness (QED) is 0.0617. The van der Waals surface area contributed by atoms with E-state index in [0.717, 1.165) is 71.4 Å². The lowest BCUT2D eigenvalue weighted by molar-refractivity contribution is 0.655. The number of nitrogens with zero attached hydrogens (tertiary/aromatic N) is 7. The van der Waals surface area contributed by atoms with Crippen LogP contribution >= 0.6 is 0 Å². The highest BCUT2D eigenvalue weighted by Gasteiger charge is 2.12. The summed E-state index contributed by atoms with van der Waals surface area (Å²) < 4.78 is 3.28. The van der Waals surface area contributed by atoms with Gasteiger partial charge in [-0.05, 0) is 79.8 Å². The molecule has 3 aromatic heterocycles. The fourth-order valence-electron chi connectivity index (χ4n) is 4.86. The summed E-state index contributed by atoms with van der Waals surface area (Å²) in [7, 11) is 0. The van der Waals surface area contributed by atoms with Crippen LogP contribution in [-0.4, -0.2) is 61.1 Å². The molecular weight excluding hydrogens is 558 g/mol. The molecule has 44 heavy (non-hydrogen) atoms. The summed E-state index contributed by atoms with van der Waals surface area (Å²) in [5, 5.41) is 12.3. The van der Waals surface area contributed by atoms with Gasteiger partial charge in [0.1, 0.15) is 5.65 Å². The zero-order valence-electron chi connectivity index (χ0n) is 24.4. The molecule has 0 bridgehead atoms. The molecule has 0 saturated heterocycles. The number of nitrogens with two attached hydrogens (primary N) is 4. The first-order valence-corrected chi connectivity index (χ1v) is 14.4. The topological polar surface area (TPSA) is 222 Å². The highest BCUT2D eigenvalue weighted by atomic mass is 16.1. The first kappa shape index (κ1) is 30.0. The molecule has 3 heterocycles. The second-order valence-corrected chi connectivity index (χ2v) is 10.4. The molecule has 2 aromatic carbocycles. The number of rotatable bonds is 14. The van der Waals surface area contributed by atoms with Gasteiger partial charge in [0.25, 0.3) is 0 Å². The zero-order chi connectivity index (χ0) is 30.9. The number of aromatic nitrogens is 6. The SMILES string of the molecule is NC(N)=NCCCCc1cc(-c2cc3cn(-c4ccc(CNCCCN=C(N)N)cc4)c(=O)nc3[nH]2)cc(-n2ccnn2)c1. The van der Waals surface area contributed by atoms with Crippen molar-refractivity contribution in [3.63, 3.8) is 0 Å². The third-order valence-electron chi connectivity index (χ3n) is 7.00. The number of guanidine groups is 2. The minimum Gasteiger partial charge on any atom is -0.370 e. The van der Waals surface area contributed by atoms with Crippen LogP contribution in [0.1, 0.15) is 30.4 Å². The maximum atomic E-state index is 13.0. The molecule has 0 atom stereocenters. The number of H-pyrrole nitrogens is 1.